The number of amides is 2. The SMILES string of the molecule is CC1(C)[C@H](NC(=O)N[C@H]2CCc3ccc(F)cc32)[C@@H]2CCO[C@@H]21. The number of carbonyl (C=O) groups excluding carboxylic acids is 1. The first-order chi connectivity index (χ1) is 11.0. The number of hydrogen-bond donors (Lipinski definition) is 2. The van der Waals surface area contributed by atoms with Gasteiger partial charge in [0.25, 0.3) is 0 Å². The van der Waals surface area contributed by atoms with Gasteiger partial charge in [-0.15, -0.1) is 0 Å². The third kappa shape index (κ3) is 2.33. The van der Waals surface area contributed by atoms with Crippen molar-refractivity contribution in [3.63, 3.8) is 0 Å². The Hall–Kier alpha value is -1.62. The quantitative estimate of drug-likeness (QED) is 0.881. The lowest BCUT2D eigenvalue weighted by Gasteiger charge is -2.54. The van der Waals surface area contributed by atoms with Crippen molar-refractivity contribution in [3.05, 3.63) is 35.1 Å². The molecule has 1 aliphatic heterocycles. The molecule has 0 aromatic heterocycles. The highest BCUT2D eigenvalue weighted by Gasteiger charge is 2.59. The summed E-state index contributed by atoms with van der Waals surface area (Å²) in [6, 6.07) is 4.73. The van der Waals surface area contributed by atoms with Gasteiger partial charge in [0.1, 0.15) is 5.82 Å². The standard InChI is InChI=1S/C18H23FN2O2/c1-18(2)15(12-7-8-23-16(12)18)21-17(22)20-14-6-4-10-3-5-11(19)9-13(10)14/h3,5,9,12,14-16H,4,6-8H2,1-2H3,(H2,20,21,22)/t12-,14-,15+,16-/m0/s1. The molecule has 2 fully saturated rings. The van der Waals surface area contributed by atoms with E-state index in [-0.39, 0.29) is 35.5 Å². The highest BCUT2D eigenvalue weighted by atomic mass is 19.1. The number of rotatable bonds is 2. The van der Waals surface area contributed by atoms with Gasteiger partial charge >= 0.3 is 6.03 Å². The summed E-state index contributed by atoms with van der Waals surface area (Å²) >= 11 is 0. The first-order valence-electron chi connectivity index (χ1n) is 8.44. The van der Waals surface area contributed by atoms with E-state index in [9.17, 15) is 9.18 Å². The van der Waals surface area contributed by atoms with Gasteiger partial charge in [-0.1, -0.05) is 19.9 Å². The zero-order valence-electron chi connectivity index (χ0n) is 13.6. The number of halogens is 1. The minimum atomic E-state index is -0.246. The van der Waals surface area contributed by atoms with Crippen molar-refractivity contribution < 1.29 is 13.9 Å². The van der Waals surface area contributed by atoms with Crippen LogP contribution in [-0.4, -0.2) is 24.8 Å². The fourth-order valence-electron chi connectivity index (χ4n) is 4.68. The number of fused-ring (bicyclic) bond motifs is 2. The molecule has 2 N–H and O–H groups in total. The van der Waals surface area contributed by atoms with Crippen LogP contribution in [0.4, 0.5) is 9.18 Å². The molecule has 1 heterocycles. The first-order valence-corrected chi connectivity index (χ1v) is 8.44. The van der Waals surface area contributed by atoms with E-state index >= 15 is 0 Å². The maximum absolute atomic E-state index is 13.5. The predicted molar refractivity (Wildman–Crippen MR) is 84.5 cm³/mol. The molecule has 4 rings (SSSR count). The van der Waals surface area contributed by atoms with Gasteiger partial charge in [-0.2, -0.15) is 0 Å². The first kappa shape index (κ1) is 14.9. The van der Waals surface area contributed by atoms with E-state index < -0.39 is 0 Å². The minimum Gasteiger partial charge on any atom is -0.377 e. The Bertz CT molecular complexity index is 646. The average Bonchev–Trinajstić information content (AvgIpc) is 3.11. The Morgan fingerprint density at radius 1 is 1.30 bits per heavy atom. The van der Waals surface area contributed by atoms with E-state index in [4.69, 9.17) is 4.74 Å². The molecule has 3 aliphatic rings. The minimum absolute atomic E-state index is 0.0296. The topological polar surface area (TPSA) is 50.4 Å². The second-order valence-corrected chi connectivity index (χ2v) is 7.60. The molecule has 4 atom stereocenters. The largest absolute Gasteiger partial charge is 0.377 e. The number of carbonyl (C=O) groups is 1. The third-order valence-electron chi connectivity index (χ3n) is 5.88. The molecule has 124 valence electrons. The summed E-state index contributed by atoms with van der Waals surface area (Å²) < 4.78 is 19.2. The van der Waals surface area contributed by atoms with Crippen LogP contribution in [0.15, 0.2) is 18.2 Å². The Balaban J connectivity index is 1.41. The van der Waals surface area contributed by atoms with E-state index in [0.717, 1.165) is 37.0 Å². The van der Waals surface area contributed by atoms with E-state index in [1.54, 1.807) is 6.07 Å². The fourth-order valence-corrected chi connectivity index (χ4v) is 4.68. The van der Waals surface area contributed by atoms with Crippen LogP contribution in [0.2, 0.25) is 0 Å². The van der Waals surface area contributed by atoms with Crippen LogP contribution in [0.1, 0.15) is 43.9 Å². The number of nitrogens with one attached hydrogen (secondary N) is 2. The van der Waals surface area contributed by atoms with Gasteiger partial charge in [-0.3, -0.25) is 0 Å². The normalized spacial score (nSPS) is 33.5. The van der Waals surface area contributed by atoms with Crippen molar-refractivity contribution in [2.45, 2.75) is 51.3 Å². The molecule has 23 heavy (non-hydrogen) atoms. The average molecular weight is 318 g/mol. The molecule has 0 unspecified atom stereocenters. The lowest BCUT2D eigenvalue weighted by molar-refractivity contribution is -0.108. The van der Waals surface area contributed by atoms with Crippen molar-refractivity contribution in [2.75, 3.05) is 6.61 Å². The van der Waals surface area contributed by atoms with E-state index in [1.165, 1.54) is 6.07 Å². The molecular formula is C18H23FN2O2. The van der Waals surface area contributed by atoms with E-state index in [0.29, 0.717) is 5.92 Å². The van der Waals surface area contributed by atoms with Crippen LogP contribution in [0.25, 0.3) is 0 Å². The van der Waals surface area contributed by atoms with Crippen LogP contribution in [0, 0.1) is 17.2 Å². The van der Waals surface area contributed by atoms with Crippen LogP contribution in [-0.2, 0) is 11.2 Å². The second kappa shape index (κ2) is 5.20. The smallest absolute Gasteiger partial charge is 0.315 e. The van der Waals surface area contributed by atoms with Crippen LogP contribution >= 0.6 is 0 Å². The summed E-state index contributed by atoms with van der Waals surface area (Å²) in [5, 5.41) is 6.15. The molecule has 1 saturated carbocycles. The van der Waals surface area contributed by atoms with Gasteiger partial charge in [0, 0.05) is 24.0 Å². The predicted octanol–water partition coefficient (Wildman–Crippen LogP) is 2.93. The number of hydrogen-bond acceptors (Lipinski definition) is 2. The maximum atomic E-state index is 13.5. The zero-order chi connectivity index (χ0) is 16.2. The van der Waals surface area contributed by atoms with Crippen molar-refractivity contribution in [3.8, 4) is 0 Å². The molecule has 0 bridgehead atoms. The molecule has 0 radical (unpaired) electrons. The van der Waals surface area contributed by atoms with E-state index in [2.05, 4.69) is 24.5 Å². The molecule has 2 aliphatic carbocycles. The Morgan fingerprint density at radius 2 is 2.13 bits per heavy atom. The molecule has 1 aromatic carbocycles. The Kier molecular flexibility index (Phi) is 3.38. The molecule has 2 amide bonds. The number of ether oxygens (including phenoxy) is 1. The molecule has 5 heteroatoms. The van der Waals surface area contributed by atoms with Crippen LogP contribution < -0.4 is 10.6 Å². The van der Waals surface area contributed by atoms with Gasteiger partial charge in [0.2, 0.25) is 0 Å². The number of benzene rings is 1. The summed E-state index contributed by atoms with van der Waals surface area (Å²) in [6.45, 7) is 5.07. The van der Waals surface area contributed by atoms with Gasteiger partial charge in [-0.05, 0) is 42.5 Å². The fraction of sp³-hybridized carbons (Fsp3) is 0.611. The summed E-state index contributed by atoms with van der Waals surface area (Å²) in [5.74, 6) is 0.174. The molecular weight excluding hydrogens is 295 g/mol. The molecule has 0 spiro atoms. The number of aryl methyl sites for hydroxylation is 1. The Morgan fingerprint density at radius 3 is 2.96 bits per heavy atom. The monoisotopic (exact) mass is 318 g/mol. The highest BCUT2D eigenvalue weighted by Crippen LogP contribution is 2.52. The van der Waals surface area contributed by atoms with E-state index in [1.807, 2.05) is 6.07 Å². The van der Waals surface area contributed by atoms with Crippen LogP contribution in [0.5, 0.6) is 0 Å². The summed E-state index contributed by atoms with van der Waals surface area (Å²) in [6.07, 6.45) is 2.98. The highest BCUT2D eigenvalue weighted by molar-refractivity contribution is 5.75. The van der Waals surface area contributed by atoms with Crippen molar-refractivity contribution in [2.24, 2.45) is 11.3 Å². The third-order valence-corrected chi connectivity index (χ3v) is 5.88. The summed E-state index contributed by atoms with van der Waals surface area (Å²) in [5.41, 5.74) is 2.01. The lowest BCUT2D eigenvalue weighted by atomic mass is 9.57. The Labute approximate surface area is 135 Å². The molecule has 1 saturated heterocycles. The van der Waals surface area contributed by atoms with Gasteiger partial charge in [0.05, 0.1) is 12.1 Å². The summed E-state index contributed by atoms with van der Waals surface area (Å²) in [4.78, 5) is 12.4. The molecule has 1 aromatic rings. The van der Waals surface area contributed by atoms with Crippen molar-refractivity contribution in [1.29, 1.82) is 0 Å². The maximum Gasteiger partial charge on any atom is 0.315 e. The van der Waals surface area contributed by atoms with Crippen LogP contribution in [0.3, 0.4) is 0 Å². The zero-order valence-corrected chi connectivity index (χ0v) is 13.6. The van der Waals surface area contributed by atoms with Crippen molar-refractivity contribution >= 4 is 6.03 Å². The number of urea groups is 1. The van der Waals surface area contributed by atoms with Gasteiger partial charge < -0.3 is 15.4 Å². The molecule has 4 nitrogen and oxygen atoms in total. The second-order valence-electron chi connectivity index (χ2n) is 7.60. The lowest BCUT2D eigenvalue weighted by Crippen LogP contribution is -2.67. The van der Waals surface area contributed by atoms with Gasteiger partial charge in [-0.25, -0.2) is 9.18 Å². The summed E-state index contributed by atoms with van der Waals surface area (Å²) in [7, 11) is 0. The van der Waals surface area contributed by atoms with Crippen molar-refractivity contribution in [1.82, 2.24) is 10.6 Å². The van der Waals surface area contributed by atoms with Gasteiger partial charge in [0.15, 0.2) is 0 Å².